The van der Waals surface area contributed by atoms with Crippen molar-refractivity contribution in [3.63, 3.8) is 0 Å². The van der Waals surface area contributed by atoms with Gasteiger partial charge in [0.2, 0.25) is 0 Å². The third-order valence-electron chi connectivity index (χ3n) is 2.75. The molecule has 1 aromatic heterocycles. The van der Waals surface area contributed by atoms with E-state index in [9.17, 15) is 0 Å². The molecule has 78 valence electrons. The summed E-state index contributed by atoms with van der Waals surface area (Å²) < 4.78 is 5.35. The maximum Gasteiger partial charge on any atom is 0.0535 e. The average molecular weight is 195 g/mol. The third kappa shape index (κ3) is 1.96. The van der Waals surface area contributed by atoms with E-state index in [1.54, 1.807) is 0 Å². The highest BCUT2D eigenvalue weighted by atomic mass is 16.5. The van der Waals surface area contributed by atoms with Gasteiger partial charge < -0.3 is 10.1 Å². The Kier molecular flexibility index (Phi) is 3.16. The van der Waals surface area contributed by atoms with E-state index in [-0.39, 0.29) is 0 Å². The lowest BCUT2D eigenvalue weighted by Crippen LogP contribution is -2.16. The topological polar surface area (TPSA) is 49.9 Å². The largest absolute Gasteiger partial charge is 0.381 e. The third-order valence-corrected chi connectivity index (χ3v) is 2.75. The lowest BCUT2D eigenvalue weighted by molar-refractivity contribution is 0.0843. The van der Waals surface area contributed by atoms with Gasteiger partial charge in [-0.1, -0.05) is 0 Å². The molecule has 0 aromatic carbocycles. The summed E-state index contributed by atoms with van der Waals surface area (Å²) in [6, 6.07) is 0. The molecule has 1 saturated heterocycles. The van der Waals surface area contributed by atoms with Crippen LogP contribution in [0.4, 0.5) is 0 Å². The second kappa shape index (κ2) is 4.57. The first-order chi connectivity index (χ1) is 6.92. The van der Waals surface area contributed by atoms with E-state index in [0.29, 0.717) is 5.92 Å². The molecule has 0 bridgehead atoms. The zero-order valence-corrected chi connectivity index (χ0v) is 8.55. The standard InChI is InChI=1S/C10H17N3O/c1-11-6-9-7-12-13-10(9)8-2-4-14-5-3-8/h7-8,11H,2-6H2,1H3,(H,12,13). The van der Waals surface area contributed by atoms with Crippen LogP contribution in [0.2, 0.25) is 0 Å². The van der Waals surface area contributed by atoms with Crippen LogP contribution in [-0.4, -0.2) is 30.5 Å². The molecule has 1 aliphatic rings. The molecule has 1 fully saturated rings. The van der Waals surface area contributed by atoms with Crippen LogP contribution in [0.15, 0.2) is 6.20 Å². The van der Waals surface area contributed by atoms with E-state index >= 15 is 0 Å². The molecule has 0 spiro atoms. The fraction of sp³-hybridized carbons (Fsp3) is 0.700. The molecule has 2 heterocycles. The predicted octanol–water partition coefficient (Wildman–Crippen LogP) is 1.02. The second-order valence-corrected chi connectivity index (χ2v) is 3.73. The zero-order valence-electron chi connectivity index (χ0n) is 8.55. The van der Waals surface area contributed by atoms with Gasteiger partial charge in [0.25, 0.3) is 0 Å². The van der Waals surface area contributed by atoms with Gasteiger partial charge in [0.1, 0.15) is 0 Å². The molecule has 1 aliphatic heterocycles. The first-order valence-electron chi connectivity index (χ1n) is 5.16. The molecule has 2 N–H and O–H groups in total. The number of hydrogen-bond donors (Lipinski definition) is 2. The first kappa shape index (κ1) is 9.68. The van der Waals surface area contributed by atoms with Crippen molar-refractivity contribution in [1.82, 2.24) is 15.5 Å². The molecule has 0 saturated carbocycles. The summed E-state index contributed by atoms with van der Waals surface area (Å²) in [4.78, 5) is 0. The van der Waals surface area contributed by atoms with E-state index in [2.05, 4.69) is 15.5 Å². The van der Waals surface area contributed by atoms with Gasteiger partial charge in [-0.3, -0.25) is 5.10 Å². The molecule has 0 aliphatic carbocycles. The van der Waals surface area contributed by atoms with E-state index in [1.807, 2.05) is 13.2 Å². The molecular weight excluding hydrogens is 178 g/mol. The molecular formula is C10H17N3O. The Morgan fingerprint density at radius 1 is 1.57 bits per heavy atom. The van der Waals surface area contributed by atoms with Crippen molar-refractivity contribution >= 4 is 0 Å². The Balaban J connectivity index is 2.09. The number of H-pyrrole nitrogens is 1. The summed E-state index contributed by atoms with van der Waals surface area (Å²) in [6.45, 7) is 2.65. The molecule has 0 amide bonds. The number of rotatable bonds is 3. The van der Waals surface area contributed by atoms with Crippen LogP contribution in [-0.2, 0) is 11.3 Å². The second-order valence-electron chi connectivity index (χ2n) is 3.73. The fourth-order valence-corrected chi connectivity index (χ4v) is 1.99. The molecule has 1 aromatic rings. The van der Waals surface area contributed by atoms with Crippen LogP contribution in [0, 0.1) is 0 Å². The minimum absolute atomic E-state index is 0.606. The number of nitrogens with one attached hydrogen (secondary N) is 2. The van der Waals surface area contributed by atoms with Gasteiger partial charge in [-0.15, -0.1) is 0 Å². The Labute approximate surface area is 84.0 Å². The molecule has 4 heteroatoms. The predicted molar refractivity (Wildman–Crippen MR) is 54.1 cm³/mol. The maximum absolute atomic E-state index is 5.35. The fourth-order valence-electron chi connectivity index (χ4n) is 1.99. The highest BCUT2D eigenvalue weighted by Gasteiger charge is 2.19. The van der Waals surface area contributed by atoms with Crippen LogP contribution < -0.4 is 5.32 Å². The van der Waals surface area contributed by atoms with Crippen LogP contribution in [0.1, 0.15) is 30.0 Å². The summed E-state index contributed by atoms with van der Waals surface area (Å²) in [5.41, 5.74) is 2.59. The maximum atomic E-state index is 5.35. The van der Waals surface area contributed by atoms with Gasteiger partial charge in [-0.25, -0.2) is 0 Å². The monoisotopic (exact) mass is 195 g/mol. The Hall–Kier alpha value is -0.870. The molecule has 2 rings (SSSR count). The normalized spacial score (nSPS) is 18.6. The average Bonchev–Trinajstić information content (AvgIpc) is 2.68. The van der Waals surface area contributed by atoms with Crippen LogP contribution in [0.5, 0.6) is 0 Å². The summed E-state index contributed by atoms with van der Waals surface area (Å²) >= 11 is 0. The van der Waals surface area contributed by atoms with Crippen LogP contribution in [0.3, 0.4) is 0 Å². The SMILES string of the molecule is CNCc1cn[nH]c1C1CCOCC1. The van der Waals surface area contributed by atoms with Crippen molar-refractivity contribution in [2.24, 2.45) is 0 Å². The Morgan fingerprint density at radius 2 is 2.36 bits per heavy atom. The van der Waals surface area contributed by atoms with E-state index in [0.717, 1.165) is 32.6 Å². The minimum atomic E-state index is 0.606. The van der Waals surface area contributed by atoms with E-state index in [4.69, 9.17) is 4.74 Å². The zero-order chi connectivity index (χ0) is 9.80. The molecule has 0 atom stereocenters. The van der Waals surface area contributed by atoms with Crippen molar-refractivity contribution in [2.45, 2.75) is 25.3 Å². The molecule has 4 nitrogen and oxygen atoms in total. The quantitative estimate of drug-likeness (QED) is 0.757. The van der Waals surface area contributed by atoms with Crippen molar-refractivity contribution in [1.29, 1.82) is 0 Å². The van der Waals surface area contributed by atoms with Gasteiger partial charge in [0.15, 0.2) is 0 Å². The minimum Gasteiger partial charge on any atom is -0.381 e. The summed E-state index contributed by atoms with van der Waals surface area (Å²) in [6.07, 6.45) is 4.14. The van der Waals surface area contributed by atoms with Gasteiger partial charge in [0, 0.05) is 36.9 Å². The molecule has 0 unspecified atom stereocenters. The molecule has 14 heavy (non-hydrogen) atoms. The molecule has 0 radical (unpaired) electrons. The Morgan fingerprint density at radius 3 is 3.07 bits per heavy atom. The lowest BCUT2D eigenvalue weighted by Gasteiger charge is -2.21. The summed E-state index contributed by atoms with van der Waals surface area (Å²) in [5, 5.41) is 10.4. The number of nitrogens with zero attached hydrogens (tertiary/aromatic N) is 1. The smallest absolute Gasteiger partial charge is 0.0535 e. The number of ether oxygens (including phenoxy) is 1. The lowest BCUT2D eigenvalue weighted by atomic mass is 9.94. The van der Waals surface area contributed by atoms with Gasteiger partial charge in [0.05, 0.1) is 6.20 Å². The summed E-state index contributed by atoms with van der Waals surface area (Å²) in [5.74, 6) is 0.606. The van der Waals surface area contributed by atoms with Crippen LogP contribution in [0.25, 0.3) is 0 Å². The van der Waals surface area contributed by atoms with Crippen molar-refractivity contribution < 1.29 is 4.74 Å². The van der Waals surface area contributed by atoms with Gasteiger partial charge in [-0.05, 0) is 19.9 Å². The number of hydrogen-bond acceptors (Lipinski definition) is 3. The van der Waals surface area contributed by atoms with Gasteiger partial charge in [-0.2, -0.15) is 5.10 Å². The number of aromatic nitrogens is 2. The first-order valence-corrected chi connectivity index (χ1v) is 5.16. The van der Waals surface area contributed by atoms with Crippen molar-refractivity contribution in [3.8, 4) is 0 Å². The van der Waals surface area contributed by atoms with E-state index in [1.165, 1.54) is 11.3 Å². The van der Waals surface area contributed by atoms with E-state index < -0.39 is 0 Å². The van der Waals surface area contributed by atoms with Gasteiger partial charge >= 0.3 is 0 Å². The highest BCUT2D eigenvalue weighted by Crippen LogP contribution is 2.27. The van der Waals surface area contributed by atoms with Crippen LogP contribution >= 0.6 is 0 Å². The summed E-state index contributed by atoms with van der Waals surface area (Å²) in [7, 11) is 1.96. The van der Waals surface area contributed by atoms with Crippen molar-refractivity contribution in [2.75, 3.05) is 20.3 Å². The van der Waals surface area contributed by atoms with Crippen molar-refractivity contribution in [3.05, 3.63) is 17.5 Å². The Bertz CT molecular complexity index is 279. The highest BCUT2D eigenvalue weighted by molar-refractivity contribution is 5.20. The number of aromatic amines is 1.